The summed E-state index contributed by atoms with van der Waals surface area (Å²) in [6.07, 6.45) is 2.03. The maximum atomic E-state index is 11.4. The minimum Gasteiger partial charge on any atom is -0.352 e. The smallest absolute Gasteiger partial charge is 0.239 e. The molecule has 0 spiro atoms. The summed E-state index contributed by atoms with van der Waals surface area (Å²) < 4.78 is 0. The van der Waals surface area contributed by atoms with Crippen molar-refractivity contribution in [3.63, 3.8) is 0 Å². The number of nitrogens with one attached hydrogen (secondary N) is 2. The zero-order chi connectivity index (χ0) is 12.6. The van der Waals surface area contributed by atoms with Crippen molar-refractivity contribution >= 4 is 11.8 Å². The second kappa shape index (κ2) is 8.10. The van der Waals surface area contributed by atoms with E-state index in [0.717, 1.165) is 12.8 Å². The molecule has 0 aliphatic rings. The molecule has 94 valence electrons. The zero-order valence-corrected chi connectivity index (χ0v) is 10.4. The highest BCUT2D eigenvalue weighted by atomic mass is 16.2. The van der Waals surface area contributed by atoms with Crippen LogP contribution in [0.15, 0.2) is 0 Å². The monoisotopic (exact) mass is 229 g/mol. The van der Waals surface area contributed by atoms with Gasteiger partial charge in [-0.3, -0.25) is 9.59 Å². The predicted molar refractivity (Wildman–Crippen MR) is 63.7 cm³/mol. The van der Waals surface area contributed by atoms with Crippen molar-refractivity contribution in [1.29, 1.82) is 0 Å². The summed E-state index contributed by atoms with van der Waals surface area (Å²) >= 11 is 0. The normalized spacial score (nSPS) is 12.3. The maximum Gasteiger partial charge on any atom is 0.239 e. The summed E-state index contributed by atoms with van der Waals surface area (Å²) in [5.74, 6) is 0.152. The molecule has 0 aromatic carbocycles. The summed E-state index contributed by atoms with van der Waals surface area (Å²) in [6, 6.07) is 0.143. The van der Waals surface area contributed by atoms with Crippen LogP contribution in [0.5, 0.6) is 0 Å². The molecule has 0 rings (SSSR count). The summed E-state index contributed by atoms with van der Waals surface area (Å²) in [6.45, 7) is 6.18. The Balaban J connectivity index is 3.66. The van der Waals surface area contributed by atoms with E-state index in [1.807, 2.05) is 6.92 Å². The second-order valence-electron chi connectivity index (χ2n) is 4.42. The van der Waals surface area contributed by atoms with E-state index in [0.29, 0.717) is 5.92 Å². The van der Waals surface area contributed by atoms with Gasteiger partial charge in [0.15, 0.2) is 0 Å². The first-order chi connectivity index (χ1) is 7.45. The molecule has 4 N–H and O–H groups in total. The molecular weight excluding hydrogens is 206 g/mol. The van der Waals surface area contributed by atoms with Gasteiger partial charge in [-0.1, -0.05) is 13.8 Å². The number of carbonyl (C=O) groups excluding carboxylic acids is 2. The van der Waals surface area contributed by atoms with Crippen molar-refractivity contribution in [2.45, 2.75) is 39.7 Å². The van der Waals surface area contributed by atoms with Gasteiger partial charge < -0.3 is 16.4 Å². The van der Waals surface area contributed by atoms with Gasteiger partial charge in [-0.15, -0.1) is 0 Å². The molecule has 0 aromatic rings. The van der Waals surface area contributed by atoms with Crippen LogP contribution in [-0.4, -0.2) is 30.9 Å². The summed E-state index contributed by atoms with van der Waals surface area (Å²) in [5.41, 5.74) is 5.10. The highest BCUT2D eigenvalue weighted by molar-refractivity contribution is 5.85. The molecule has 1 atom stereocenters. The zero-order valence-electron chi connectivity index (χ0n) is 10.4. The van der Waals surface area contributed by atoms with E-state index in [4.69, 9.17) is 5.73 Å². The molecule has 0 radical (unpaired) electrons. The van der Waals surface area contributed by atoms with Crippen LogP contribution in [-0.2, 0) is 9.59 Å². The molecule has 0 saturated heterocycles. The van der Waals surface area contributed by atoms with Gasteiger partial charge in [-0.25, -0.2) is 0 Å². The number of carbonyl (C=O) groups is 2. The van der Waals surface area contributed by atoms with E-state index in [9.17, 15) is 9.59 Å². The highest BCUT2D eigenvalue weighted by Crippen LogP contribution is 2.05. The van der Waals surface area contributed by atoms with Crippen LogP contribution < -0.4 is 16.4 Å². The number of hydrogen-bond donors (Lipinski definition) is 3. The van der Waals surface area contributed by atoms with E-state index in [2.05, 4.69) is 24.5 Å². The molecular formula is C11H23N3O2. The van der Waals surface area contributed by atoms with Crippen molar-refractivity contribution in [3.05, 3.63) is 0 Å². The molecule has 0 saturated carbocycles. The minimum atomic E-state index is -0.315. The molecule has 0 fully saturated rings. The molecule has 5 heteroatoms. The van der Waals surface area contributed by atoms with Gasteiger partial charge >= 0.3 is 0 Å². The Morgan fingerprint density at radius 1 is 1.12 bits per heavy atom. The van der Waals surface area contributed by atoms with Gasteiger partial charge in [0, 0.05) is 6.04 Å². The topological polar surface area (TPSA) is 84.2 Å². The standard InChI is InChI=1S/C11H23N3O2/c1-8(2)4-5-9(3)14-11(16)7-13-10(15)6-12/h8-9H,4-7,12H2,1-3H3,(H,13,15)(H,14,16). The van der Waals surface area contributed by atoms with E-state index in [1.165, 1.54) is 0 Å². The summed E-state index contributed by atoms with van der Waals surface area (Å²) in [4.78, 5) is 22.2. The SMILES string of the molecule is CC(C)CCC(C)NC(=O)CNC(=O)CN. The van der Waals surface area contributed by atoms with Gasteiger partial charge in [0.05, 0.1) is 13.1 Å². The quantitative estimate of drug-likeness (QED) is 0.574. The third-order valence-electron chi connectivity index (χ3n) is 2.22. The van der Waals surface area contributed by atoms with Gasteiger partial charge in [0.1, 0.15) is 0 Å². The molecule has 0 aromatic heterocycles. The van der Waals surface area contributed by atoms with Crippen LogP contribution >= 0.6 is 0 Å². The second-order valence-corrected chi connectivity index (χ2v) is 4.42. The molecule has 0 aliphatic heterocycles. The Morgan fingerprint density at radius 2 is 1.75 bits per heavy atom. The third kappa shape index (κ3) is 8.23. The first-order valence-corrected chi connectivity index (χ1v) is 5.71. The maximum absolute atomic E-state index is 11.4. The van der Waals surface area contributed by atoms with Crippen LogP contribution in [0, 0.1) is 5.92 Å². The van der Waals surface area contributed by atoms with Crippen LogP contribution in [0.4, 0.5) is 0 Å². The van der Waals surface area contributed by atoms with E-state index in [1.54, 1.807) is 0 Å². The predicted octanol–water partition coefficient (Wildman–Crippen LogP) is 0.00220. The van der Waals surface area contributed by atoms with Crippen LogP contribution in [0.2, 0.25) is 0 Å². The van der Waals surface area contributed by atoms with Gasteiger partial charge in [0.2, 0.25) is 11.8 Å². The first-order valence-electron chi connectivity index (χ1n) is 5.71. The minimum absolute atomic E-state index is 0.00204. The average molecular weight is 229 g/mol. The lowest BCUT2D eigenvalue weighted by molar-refractivity contribution is -0.125. The first kappa shape index (κ1) is 14.9. The molecule has 16 heavy (non-hydrogen) atoms. The number of amides is 2. The lowest BCUT2D eigenvalue weighted by Crippen LogP contribution is -2.42. The van der Waals surface area contributed by atoms with Crippen molar-refractivity contribution in [3.8, 4) is 0 Å². The van der Waals surface area contributed by atoms with Gasteiger partial charge in [-0.2, -0.15) is 0 Å². The Morgan fingerprint density at radius 3 is 2.25 bits per heavy atom. The van der Waals surface area contributed by atoms with Crippen molar-refractivity contribution < 1.29 is 9.59 Å². The van der Waals surface area contributed by atoms with Crippen LogP contribution in [0.1, 0.15) is 33.6 Å². The van der Waals surface area contributed by atoms with Crippen molar-refractivity contribution in [2.24, 2.45) is 11.7 Å². The van der Waals surface area contributed by atoms with E-state index < -0.39 is 0 Å². The van der Waals surface area contributed by atoms with E-state index >= 15 is 0 Å². The van der Waals surface area contributed by atoms with Crippen molar-refractivity contribution in [1.82, 2.24) is 10.6 Å². The van der Waals surface area contributed by atoms with Crippen LogP contribution in [0.25, 0.3) is 0 Å². The third-order valence-corrected chi connectivity index (χ3v) is 2.22. The highest BCUT2D eigenvalue weighted by Gasteiger charge is 2.08. The molecule has 1 unspecified atom stereocenters. The van der Waals surface area contributed by atoms with Gasteiger partial charge in [0.25, 0.3) is 0 Å². The Labute approximate surface area is 97.2 Å². The van der Waals surface area contributed by atoms with Crippen molar-refractivity contribution in [2.75, 3.05) is 13.1 Å². The Bertz CT molecular complexity index is 229. The fourth-order valence-corrected chi connectivity index (χ4v) is 1.23. The fraction of sp³-hybridized carbons (Fsp3) is 0.818. The largest absolute Gasteiger partial charge is 0.352 e. The lowest BCUT2D eigenvalue weighted by atomic mass is 10.0. The lowest BCUT2D eigenvalue weighted by Gasteiger charge is -2.15. The summed E-state index contributed by atoms with van der Waals surface area (Å²) in [5, 5.41) is 5.25. The molecule has 2 amide bonds. The Hall–Kier alpha value is -1.10. The van der Waals surface area contributed by atoms with E-state index in [-0.39, 0.29) is 30.9 Å². The molecule has 0 heterocycles. The number of hydrogen-bond acceptors (Lipinski definition) is 3. The number of rotatable bonds is 7. The summed E-state index contributed by atoms with van der Waals surface area (Å²) in [7, 11) is 0. The van der Waals surface area contributed by atoms with Gasteiger partial charge in [-0.05, 0) is 25.7 Å². The molecule has 0 aliphatic carbocycles. The molecule has 0 bridgehead atoms. The fourth-order valence-electron chi connectivity index (χ4n) is 1.23. The Kier molecular flexibility index (Phi) is 7.54. The number of nitrogens with two attached hydrogens (primary N) is 1. The van der Waals surface area contributed by atoms with Crippen LogP contribution in [0.3, 0.4) is 0 Å². The molecule has 5 nitrogen and oxygen atoms in total. The average Bonchev–Trinajstić information content (AvgIpc) is 2.23.